The molecule has 6 rings (SSSR count). The van der Waals surface area contributed by atoms with Gasteiger partial charge in [0.15, 0.2) is 0 Å². The third kappa shape index (κ3) is 1.88. The number of amides is 1. The summed E-state index contributed by atoms with van der Waals surface area (Å²) in [6.45, 7) is 0. The van der Waals surface area contributed by atoms with E-state index < -0.39 is 40.9 Å². The molecule has 0 spiro atoms. The molecule has 3 N–H and O–H groups in total. The number of carbonyl (C=O) groups is 1. The molecule has 1 aliphatic heterocycles. The minimum atomic E-state index is -1.98. The molecule has 0 aromatic heterocycles. The Labute approximate surface area is 141 Å². The molecular weight excluding hydrogens is 290 g/mol. The van der Waals surface area contributed by atoms with Gasteiger partial charge in [0.1, 0.15) is 6.04 Å². The Balaban J connectivity index is 1.51. The maximum atomic E-state index is 13.4. The molecular formula is C18H25N3O2. The van der Waals surface area contributed by atoms with Gasteiger partial charge in [-0.1, -0.05) is 0 Å². The number of nitrogens with zero attached hydrogens (tertiary/aromatic N) is 2. The van der Waals surface area contributed by atoms with Crippen molar-refractivity contribution in [1.82, 2.24) is 4.90 Å². The van der Waals surface area contributed by atoms with Crippen molar-refractivity contribution in [2.75, 3.05) is 0 Å². The lowest BCUT2D eigenvalue weighted by atomic mass is 9.46. The zero-order chi connectivity index (χ0) is 18.8. The van der Waals surface area contributed by atoms with Crippen LogP contribution in [0.2, 0.25) is 0 Å². The summed E-state index contributed by atoms with van der Waals surface area (Å²) in [5.74, 6) is -1.24. The number of aliphatic hydroxyl groups is 1. The molecule has 124 valence electrons. The SMILES string of the molecule is [2H][C@]12C[C@@H](C#N)N(C(=O)[C@]([2H])(N)C34CC5CC(CC(O)(C5)C3)C4)[C@@]1([2H])C2. The van der Waals surface area contributed by atoms with E-state index in [0.717, 1.165) is 24.2 Å². The normalized spacial score (nSPS) is 63.4. The summed E-state index contributed by atoms with van der Waals surface area (Å²) in [6, 6.07) is -2.24. The number of likely N-dealkylation sites (tertiary alicyclic amines) is 1. The highest BCUT2D eigenvalue weighted by atomic mass is 16.3. The van der Waals surface area contributed by atoms with E-state index in [2.05, 4.69) is 0 Å². The van der Waals surface area contributed by atoms with Crippen LogP contribution in [-0.4, -0.2) is 39.6 Å². The summed E-state index contributed by atoms with van der Waals surface area (Å²) in [5.41, 5.74) is 4.76. The van der Waals surface area contributed by atoms with Crippen LogP contribution in [0, 0.1) is 34.5 Å². The molecule has 0 radical (unpaired) electrons. The zero-order valence-corrected chi connectivity index (χ0v) is 13.2. The first-order chi connectivity index (χ1) is 12.0. The van der Waals surface area contributed by atoms with Gasteiger partial charge in [-0.3, -0.25) is 4.79 Å². The van der Waals surface area contributed by atoms with Crippen molar-refractivity contribution in [3.05, 3.63) is 0 Å². The predicted octanol–water partition coefficient (Wildman–Crippen LogP) is 1.16. The van der Waals surface area contributed by atoms with Crippen molar-refractivity contribution in [2.45, 2.75) is 75.0 Å². The molecule has 2 unspecified atom stereocenters. The molecule has 1 amide bonds. The average Bonchev–Trinajstić information content (AvgIpc) is 2.97. The Morgan fingerprint density at radius 1 is 1.35 bits per heavy atom. The van der Waals surface area contributed by atoms with Crippen LogP contribution in [0.15, 0.2) is 0 Å². The lowest BCUT2D eigenvalue weighted by Crippen LogP contribution is -2.64. The van der Waals surface area contributed by atoms with Gasteiger partial charge < -0.3 is 15.7 Å². The molecule has 1 saturated heterocycles. The van der Waals surface area contributed by atoms with Crippen molar-refractivity contribution in [3.8, 4) is 6.07 Å². The number of piperidine rings is 1. The van der Waals surface area contributed by atoms with Crippen LogP contribution < -0.4 is 5.73 Å². The van der Waals surface area contributed by atoms with Gasteiger partial charge >= 0.3 is 0 Å². The van der Waals surface area contributed by atoms with Gasteiger partial charge in [0.2, 0.25) is 5.91 Å². The van der Waals surface area contributed by atoms with Crippen molar-refractivity contribution in [2.24, 2.45) is 28.9 Å². The van der Waals surface area contributed by atoms with Crippen molar-refractivity contribution < 1.29 is 14.0 Å². The van der Waals surface area contributed by atoms with Gasteiger partial charge in [0, 0.05) is 7.39 Å². The number of carbonyl (C=O) groups excluding carboxylic acids is 1. The fourth-order valence-electron chi connectivity index (χ4n) is 6.37. The Morgan fingerprint density at radius 3 is 2.65 bits per heavy atom. The van der Waals surface area contributed by atoms with Crippen LogP contribution in [0.4, 0.5) is 0 Å². The molecule has 6 fully saturated rings. The molecule has 6 atom stereocenters. The molecule has 6 aliphatic rings. The van der Waals surface area contributed by atoms with E-state index in [9.17, 15) is 15.2 Å². The molecule has 23 heavy (non-hydrogen) atoms. The van der Waals surface area contributed by atoms with Crippen LogP contribution in [0.1, 0.15) is 55.5 Å². The van der Waals surface area contributed by atoms with E-state index in [1.54, 1.807) is 0 Å². The highest BCUT2D eigenvalue weighted by Gasteiger charge is 2.62. The van der Waals surface area contributed by atoms with Crippen LogP contribution in [-0.2, 0) is 4.79 Å². The highest BCUT2D eigenvalue weighted by molar-refractivity contribution is 5.84. The van der Waals surface area contributed by atoms with E-state index >= 15 is 0 Å². The second-order valence-corrected chi connectivity index (χ2v) is 8.63. The molecule has 1 heterocycles. The summed E-state index contributed by atoms with van der Waals surface area (Å²) in [7, 11) is 0. The molecule has 5 nitrogen and oxygen atoms in total. The fraction of sp³-hybridized carbons (Fsp3) is 0.889. The van der Waals surface area contributed by atoms with Gasteiger partial charge in [-0.05, 0) is 74.5 Å². The minimum absolute atomic E-state index is 0.150. The first-order valence-electron chi connectivity index (χ1n) is 10.2. The van der Waals surface area contributed by atoms with Crippen LogP contribution in [0.25, 0.3) is 0 Å². The second-order valence-electron chi connectivity index (χ2n) is 8.63. The van der Waals surface area contributed by atoms with E-state index in [1.807, 2.05) is 6.07 Å². The third-order valence-electron chi connectivity index (χ3n) is 6.91. The Kier molecular flexibility index (Phi) is 2.13. The largest absolute Gasteiger partial charge is 0.390 e. The smallest absolute Gasteiger partial charge is 0.241 e. The molecule has 0 aromatic carbocycles. The molecule has 0 aromatic rings. The number of fused-ring (bicyclic) bond motifs is 1. The zero-order valence-electron chi connectivity index (χ0n) is 16.2. The summed E-state index contributed by atoms with van der Waals surface area (Å²) < 4.78 is 25.7. The predicted molar refractivity (Wildman–Crippen MR) is 82.8 cm³/mol. The topological polar surface area (TPSA) is 90.4 Å². The lowest BCUT2D eigenvalue weighted by molar-refractivity contribution is -0.177. The Hall–Kier alpha value is -1.12. The minimum Gasteiger partial charge on any atom is -0.390 e. The standard InChI is InChI=1S/C18H25N3O2/c19-8-13-2-12-3-14(12)21(13)16(22)15(20)17-4-10-1-11(5-17)7-18(23,6-10)9-17/h10-15,23H,1-7,9,20H2/t10?,11?,12-,13+,14+,15+,17?,18?/m1/s1/i12D,14D,15D. The van der Waals surface area contributed by atoms with Crippen LogP contribution in [0.5, 0.6) is 0 Å². The van der Waals surface area contributed by atoms with Gasteiger partial charge in [-0.15, -0.1) is 0 Å². The summed E-state index contributed by atoms with van der Waals surface area (Å²) in [4.78, 5) is 14.6. The Bertz CT molecular complexity index is 738. The monoisotopic (exact) mass is 318 g/mol. The van der Waals surface area contributed by atoms with Crippen LogP contribution in [0.3, 0.4) is 0 Å². The molecule has 5 aliphatic carbocycles. The van der Waals surface area contributed by atoms with E-state index in [0.29, 0.717) is 19.3 Å². The maximum absolute atomic E-state index is 13.4. The number of hydrogen-bond acceptors (Lipinski definition) is 4. The average molecular weight is 318 g/mol. The van der Waals surface area contributed by atoms with Crippen LogP contribution >= 0.6 is 0 Å². The van der Waals surface area contributed by atoms with Crippen molar-refractivity contribution in [3.63, 3.8) is 0 Å². The molecule has 5 saturated carbocycles. The first-order valence-corrected chi connectivity index (χ1v) is 8.72. The molecule has 5 heteroatoms. The third-order valence-corrected chi connectivity index (χ3v) is 6.91. The highest BCUT2D eigenvalue weighted by Crippen LogP contribution is 2.63. The van der Waals surface area contributed by atoms with Gasteiger partial charge in [-0.2, -0.15) is 5.26 Å². The lowest BCUT2D eigenvalue weighted by Gasteiger charge is -2.61. The number of hydrogen-bond donors (Lipinski definition) is 2. The number of nitriles is 1. The summed E-state index contributed by atoms with van der Waals surface area (Å²) in [5, 5.41) is 20.4. The second kappa shape index (κ2) is 4.29. The quantitative estimate of drug-likeness (QED) is 0.799. The Morgan fingerprint density at radius 2 is 2.04 bits per heavy atom. The summed E-state index contributed by atoms with van der Waals surface area (Å²) in [6.07, 6.45) is 4.48. The van der Waals surface area contributed by atoms with Crippen molar-refractivity contribution in [1.29, 1.82) is 5.26 Å². The van der Waals surface area contributed by atoms with Gasteiger partial charge in [0.05, 0.1) is 20.4 Å². The van der Waals surface area contributed by atoms with E-state index in [1.165, 1.54) is 0 Å². The first kappa shape index (κ1) is 11.4. The van der Waals surface area contributed by atoms with Gasteiger partial charge in [0.25, 0.3) is 0 Å². The van der Waals surface area contributed by atoms with Gasteiger partial charge in [-0.25, -0.2) is 0 Å². The number of rotatable bonds is 2. The summed E-state index contributed by atoms with van der Waals surface area (Å²) >= 11 is 0. The van der Waals surface area contributed by atoms with E-state index in [4.69, 9.17) is 9.85 Å². The fourth-order valence-corrected chi connectivity index (χ4v) is 6.37. The number of nitrogens with two attached hydrogens (primary N) is 1. The van der Waals surface area contributed by atoms with Crippen molar-refractivity contribution >= 4 is 5.91 Å². The maximum Gasteiger partial charge on any atom is 0.241 e. The van der Waals surface area contributed by atoms with E-state index in [-0.39, 0.29) is 24.7 Å². The molecule has 4 bridgehead atoms.